The van der Waals surface area contributed by atoms with Crippen LogP contribution < -0.4 is 4.74 Å². The van der Waals surface area contributed by atoms with Gasteiger partial charge in [-0.05, 0) is 41.0 Å². The molecule has 0 aliphatic carbocycles. The molecule has 23 heavy (non-hydrogen) atoms. The van der Waals surface area contributed by atoms with Gasteiger partial charge in [-0.3, -0.25) is 0 Å². The number of fused-ring (bicyclic) bond motifs is 1. The fourth-order valence-corrected chi connectivity index (χ4v) is 3.32. The quantitative estimate of drug-likeness (QED) is 0.682. The van der Waals surface area contributed by atoms with Gasteiger partial charge in [-0.15, -0.1) is 0 Å². The number of hydrogen-bond acceptors (Lipinski definition) is 2. The number of benzene rings is 2. The summed E-state index contributed by atoms with van der Waals surface area (Å²) in [4.78, 5) is -0.0171. The first-order valence-corrected chi connectivity index (χ1v) is 7.71. The topological polar surface area (TPSA) is 9.23 Å². The first kappa shape index (κ1) is 15.7. The molecule has 1 aliphatic heterocycles. The summed E-state index contributed by atoms with van der Waals surface area (Å²) in [5, 5.41) is 0. The molecule has 1 aliphatic rings. The molecule has 2 aromatic rings. The van der Waals surface area contributed by atoms with Crippen LogP contribution in [0.3, 0.4) is 0 Å². The maximum Gasteiger partial charge on any atom is 0.422 e. The molecule has 0 fully saturated rings. The van der Waals surface area contributed by atoms with E-state index in [1.807, 2.05) is 24.3 Å². The fraction of sp³-hybridized carbons (Fsp3) is 0.111. The predicted octanol–water partition coefficient (Wildman–Crippen LogP) is 5.84. The Kier molecular flexibility index (Phi) is 4.22. The molecule has 0 unspecified atom stereocenters. The summed E-state index contributed by atoms with van der Waals surface area (Å²) in [6.45, 7) is 0. The standard InChI is InChI=1S/C18H13F3OS/c1-22-14-8-6-12(7-9-14)10-16-15-5-3-2-4-13(15)11-17(23-16)18(19,20)21/h2-11H,1H3/b16-10-. The average Bonchev–Trinajstić information content (AvgIpc) is 2.54. The Morgan fingerprint density at radius 3 is 2.35 bits per heavy atom. The minimum absolute atomic E-state index is 0.582. The van der Waals surface area contributed by atoms with Crippen LogP contribution in [-0.2, 0) is 0 Å². The molecule has 0 atom stereocenters. The molecule has 0 spiro atoms. The molecular formula is C18H13F3OS. The van der Waals surface area contributed by atoms with Crippen molar-refractivity contribution in [3.63, 3.8) is 0 Å². The van der Waals surface area contributed by atoms with Crippen molar-refractivity contribution >= 4 is 28.8 Å². The molecule has 1 nitrogen and oxygen atoms in total. The minimum atomic E-state index is -4.35. The lowest BCUT2D eigenvalue weighted by Gasteiger charge is -2.20. The summed E-state index contributed by atoms with van der Waals surface area (Å²) >= 11 is 0.752. The van der Waals surface area contributed by atoms with E-state index in [4.69, 9.17) is 4.74 Å². The van der Waals surface area contributed by atoms with Gasteiger partial charge in [0.25, 0.3) is 0 Å². The fourth-order valence-electron chi connectivity index (χ4n) is 2.29. The number of halogens is 3. The molecular weight excluding hydrogens is 321 g/mol. The van der Waals surface area contributed by atoms with Gasteiger partial charge in [-0.2, -0.15) is 13.2 Å². The van der Waals surface area contributed by atoms with Gasteiger partial charge in [0.15, 0.2) is 0 Å². The second-order valence-corrected chi connectivity index (χ2v) is 6.06. The SMILES string of the molecule is COc1ccc(/C=C2\SC(C(F)(F)F)=Cc3ccccc32)cc1. The molecule has 1 heterocycles. The highest BCUT2D eigenvalue weighted by Crippen LogP contribution is 2.48. The number of allylic oxidation sites excluding steroid dienone is 1. The van der Waals surface area contributed by atoms with Crippen LogP contribution in [0.5, 0.6) is 5.75 Å². The van der Waals surface area contributed by atoms with Crippen molar-refractivity contribution in [1.82, 2.24) is 0 Å². The summed E-state index contributed by atoms with van der Waals surface area (Å²) < 4.78 is 44.4. The summed E-state index contributed by atoms with van der Waals surface area (Å²) in [6.07, 6.45) is -1.38. The van der Waals surface area contributed by atoms with Crippen LogP contribution >= 0.6 is 11.8 Å². The number of thioether (sulfide) groups is 1. The maximum atomic E-state index is 13.1. The van der Waals surface area contributed by atoms with Gasteiger partial charge in [-0.25, -0.2) is 0 Å². The van der Waals surface area contributed by atoms with Crippen molar-refractivity contribution < 1.29 is 17.9 Å². The van der Waals surface area contributed by atoms with Crippen molar-refractivity contribution in [1.29, 1.82) is 0 Å². The van der Waals surface area contributed by atoms with E-state index in [1.165, 1.54) is 6.08 Å². The van der Waals surface area contributed by atoms with Crippen LogP contribution in [0, 0.1) is 0 Å². The Morgan fingerprint density at radius 2 is 1.70 bits per heavy atom. The molecule has 5 heteroatoms. The van der Waals surface area contributed by atoms with Crippen molar-refractivity contribution in [3.05, 3.63) is 70.1 Å². The van der Waals surface area contributed by atoms with E-state index in [0.717, 1.165) is 22.9 Å². The number of methoxy groups -OCH3 is 1. The zero-order valence-electron chi connectivity index (χ0n) is 12.2. The Balaban J connectivity index is 2.04. The largest absolute Gasteiger partial charge is 0.497 e. The predicted molar refractivity (Wildman–Crippen MR) is 88.9 cm³/mol. The van der Waals surface area contributed by atoms with Crippen LogP contribution in [0.25, 0.3) is 17.1 Å². The molecule has 0 bridgehead atoms. The van der Waals surface area contributed by atoms with E-state index < -0.39 is 11.1 Å². The molecule has 2 aromatic carbocycles. The van der Waals surface area contributed by atoms with Crippen LogP contribution in [0.2, 0.25) is 0 Å². The third-order valence-electron chi connectivity index (χ3n) is 3.43. The van der Waals surface area contributed by atoms with Crippen molar-refractivity contribution in [3.8, 4) is 5.75 Å². The minimum Gasteiger partial charge on any atom is -0.497 e. The summed E-state index contributed by atoms with van der Waals surface area (Å²) in [5.74, 6) is 0.708. The molecule has 0 aromatic heterocycles. The van der Waals surface area contributed by atoms with Crippen molar-refractivity contribution in [2.45, 2.75) is 6.18 Å². The van der Waals surface area contributed by atoms with Gasteiger partial charge in [0, 0.05) is 4.91 Å². The second-order valence-electron chi connectivity index (χ2n) is 4.98. The summed E-state index contributed by atoms with van der Waals surface area (Å²) in [6, 6.07) is 14.3. The Morgan fingerprint density at radius 1 is 1.00 bits per heavy atom. The summed E-state index contributed by atoms with van der Waals surface area (Å²) in [7, 11) is 1.57. The van der Waals surface area contributed by atoms with Crippen LogP contribution in [-0.4, -0.2) is 13.3 Å². The molecule has 0 N–H and O–H groups in total. The average molecular weight is 334 g/mol. The normalized spacial score (nSPS) is 16.0. The van der Waals surface area contributed by atoms with Crippen molar-refractivity contribution in [2.24, 2.45) is 0 Å². The second kappa shape index (κ2) is 6.16. The smallest absolute Gasteiger partial charge is 0.422 e. The number of rotatable bonds is 2. The molecule has 0 amide bonds. The monoisotopic (exact) mass is 334 g/mol. The third kappa shape index (κ3) is 3.45. The van der Waals surface area contributed by atoms with Gasteiger partial charge in [0.1, 0.15) is 5.75 Å². The highest BCUT2D eigenvalue weighted by Gasteiger charge is 2.37. The Bertz CT molecular complexity index is 774. The van der Waals surface area contributed by atoms with E-state index in [2.05, 4.69) is 0 Å². The Labute approximate surface area is 136 Å². The van der Waals surface area contributed by atoms with Gasteiger partial charge < -0.3 is 4.74 Å². The van der Waals surface area contributed by atoms with Gasteiger partial charge in [0.2, 0.25) is 0 Å². The number of ether oxygens (including phenoxy) is 1. The molecule has 0 radical (unpaired) electrons. The van der Waals surface area contributed by atoms with E-state index in [9.17, 15) is 13.2 Å². The molecule has 3 rings (SSSR count). The lowest BCUT2D eigenvalue weighted by molar-refractivity contribution is -0.0827. The zero-order chi connectivity index (χ0) is 16.4. The van der Waals surface area contributed by atoms with Crippen LogP contribution in [0.15, 0.2) is 53.4 Å². The van der Waals surface area contributed by atoms with E-state index in [1.54, 1.807) is 37.5 Å². The van der Waals surface area contributed by atoms with Gasteiger partial charge in [0.05, 0.1) is 12.0 Å². The zero-order valence-corrected chi connectivity index (χ0v) is 13.0. The molecule has 118 valence electrons. The Hall–Kier alpha value is -2.14. The van der Waals surface area contributed by atoms with Crippen molar-refractivity contribution in [2.75, 3.05) is 7.11 Å². The summed E-state index contributed by atoms with van der Waals surface area (Å²) in [5.41, 5.74) is 2.21. The highest BCUT2D eigenvalue weighted by atomic mass is 32.2. The molecule has 0 saturated carbocycles. The lowest BCUT2D eigenvalue weighted by Crippen LogP contribution is -2.11. The number of alkyl halides is 3. The maximum absolute atomic E-state index is 13.1. The van der Waals surface area contributed by atoms with E-state index >= 15 is 0 Å². The first-order chi connectivity index (χ1) is 11.0. The van der Waals surface area contributed by atoms with Crippen LogP contribution in [0.4, 0.5) is 13.2 Å². The van der Waals surface area contributed by atoms with E-state index in [-0.39, 0.29) is 0 Å². The third-order valence-corrected chi connectivity index (χ3v) is 4.55. The van der Waals surface area contributed by atoms with Crippen LogP contribution in [0.1, 0.15) is 16.7 Å². The highest BCUT2D eigenvalue weighted by molar-refractivity contribution is 8.12. The van der Waals surface area contributed by atoms with Gasteiger partial charge >= 0.3 is 6.18 Å². The van der Waals surface area contributed by atoms with Gasteiger partial charge in [-0.1, -0.05) is 48.2 Å². The number of hydrogen-bond donors (Lipinski definition) is 0. The van der Waals surface area contributed by atoms with E-state index in [0.29, 0.717) is 16.2 Å². The lowest BCUT2D eigenvalue weighted by atomic mass is 10.0. The molecule has 0 saturated heterocycles. The first-order valence-electron chi connectivity index (χ1n) is 6.89.